The fourth-order valence-electron chi connectivity index (χ4n) is 2.62. The molecule has 4 heteroatoms. The third-order valence-electron chi connectivity index (χ3n) is 3.66. The van der Waals surface area contributed by atoms with Crippen molar-refractivity contribution in [3.63, 3.8) is 0 Å². The molecule has 1 unspecified atom stereocenters. The first-order valence-electron chi connectivity index (χ1n) is 6.65. The molecule has 1 saturated heterocycles. The number of aromatic amines is 1. The van der Waals surface area contributed by atoms with Crippen molar-refractivity contribution in [3.8, 4) is 0 Å². The lowest BCUT2D eigenvalue weighted by Gasteiger charge is -2.07. The van der Waals surface area contributed by atoms with E-state index in [0.717, 1.165) is 46.8 Å². The molecule has 2 heterocycles. The Labute approximate surface area is 120 Å². The number of carbonyl (C=O) groups excluding carboxylic acids is 1. The van der Waals surface area contributed by atoms with Gasteiger partial charge in [0.15, 0.2) is 5.78 Å². The average Bonchev–Trinajstić information content (AvgIpc) is 3.04. The number of ether oxygens (including phenoxy) is 1. The normalized spacial score (nSPS) is 19.1. The van der Waals surface area contributed by atoms with Crippen LogP contribution in [0.15, 0.2) is 28.9 Å². The van der Waals surface area contributed by atoms with Gasteiger partial charge in [-0.25, -0.2) is 0 Å². The van der Waals surface area contributed by atoms with Crippen LogP contribution in [0, 0.1) is 0 Å². The number of nitrogens with one attached hydrogen (secondary N) is 1. The highest BCUT2D eigenvalue weighted by atomic mass is 79.9. The van der Waals surface area contributed by atoms with Crippen LogP contribution >= 0.6 is 15.9 Å². The Bertz CT molecular complexity index is 599. The van der Waals surface area contributed by atoms with Crippen molar-refractivity contribution in [2.45, 2.75) is 31.8 Å². The lowest BCUT2D eigenvalue weighted by molar-refractivity contribution is 0.0860. The van der Waals surface area contributed by atoms with E-state index in [2.05, 4.69) is 20.9 Å². The highest BCUT2D eigenvalue weighted by Crippen LogP contribution is 2.25. The van der Waals surface area contributed by atoms with Crippen molar-refractivity contribution < 1.29 is 9.53 Å². The third kappa shape index (κ3) is 2.74. The van der Waals surface area contributed by atoms with Crippen LogP contribution in [-0.4, -0.2) is 23.5 Å². The summed E-state index contributed by atoms with van der Waals surface area (Å²) in [7, 11) is 0. The smallest absolute Gasteiger partial charge is 0.165 e. The summed E-state index contributed by atoms with van der Waals surface area (Å²) in [6.45, 7) is 0.846. The molecular weight excluding hydrogens is 306 g/mol. The molecule has 1 N–H and O–H groups in total. The highest BCUT2D eigenvalue weighted by Gasteiger charge is 2.18. The van der Waals surface area contributed by atoms with Crippen molar-refractivity contribution in [3.05, 3.63) is 34.4 Å². The van der Waals surface area contributed by atoms with E-state index in [9.17, 15) is 4.79 Å². The van der Waals surface area contributed by atoms with Gasteiger partial charge in [0.2, 0.25) is 0 Å². The molecule has 0 saturated carbocycles. The topological polar surface area (TPSA) is 42.1 Å². The molecule has 1 aromatic carbocycles. The maximum absolute atomic E-state index is 12.3. The zero-order valence-electron chi connectivity index (χ0n) is 10.6. The van der Waals surface area contributed by atoms with Gasteiger partial charge in [-0.05, 0) is 37.5 Å². The first-order valence-corrected chi connectivity index (χ1v) is 7.45. The van der Waals surface area contributed by atoms with Crippen LogP contribution < -0.4 is 0 Å². The van der Waals surface area contributed by atoms with Crippen molar-refractivity contribution in [2.75, 3.05) is 6.61 Å². The van der Waals surface area contributed by atoms with Crippen molar-refractivity contribution in [2.24, 2.45) is 0 Å². The number of aromatic nitrogens is 1. The van der Waals surface area contributed by atoms with Gasteiger partial charge in [0.05, 0.1) is 6.10 Å². The van der Waals surface area contributed by atoms with Gasteiger partial charge in [0.25, 0.3) is 0 Å². The van der Waals surface area contributed by atoms with Crippen LogP contribution in [0.4, 0.5) is 0 Å². The van der Waals surface area contributed by atoms with E-state index in [1.54, 1.807) is 0 Å². The second-order valence-electron chi connectivity index (χ2n) is 4.99. The first kappa shape index (κ1) is 12.9. The number of hydrogen-bond acceptors (Lipinski definition) is 2. The molecule has 1 aliphatic rings. The van der Waals surface area contributed by atoms with Crippen molar-refractivity contribution in [1.29, 1.82) is 0 Å². The molecule has 0 aliphatic carbocycles. The molecule has 0 bridgehead atoms. The molecule has 3 nitrogen and oxygen atoms in total. The number of H-pyrrole nitrogens is 1. The Hall–Kier alpha value is -1.13. The maximum atomic E-state index is 12.3. The van der Waals surface area contributed by atoms with Crippen molar-refractivity contribution in [1.82, 2.24) is 4.98 Å². The molecular formula is C15H16BrNO2. The predicted molar refractivity (Wildman–Crippen MR) is 78.5 cm³/mol. The molecule has 3 rings (SSSR count). The quantitative estimate of drug-likeness (QED) is 0.862. The summed E-state index contributed by atoms with van der Waals surface area (Å²) in [5.41, 5.74) is 1.79. The Morgan fingerprint density at radius 3 is 3.16 bits per heavy atom. The molecule has 100 valence electrons. The number of hydrogen-bond donors (Lipinski definition) is 1. The minimum Gasteiger partial charge on any atom is -0.378 e. The molecule has 0 spiro atoms. The second-order valence-corrected chi connectivity index (χ2v) is 5.90. The third-order valence-corrected chi connectivity index (χ3v) is 4.15. The molecule has 0 amide bonds. The van der Waals surface area contributed by atoms with Gasteiger partial charge in [-0.3, -0.25) is 4.79 Å². The van der Waals surface area contributed by atoms with E-state index < -0.39 is 0 Å². The van der Waals surface area contributed by atoms with Gasteiger partial charge in [0, 0.05) is 40.2 Å². The minimum absolute atomic E-state index is 0.194. The molecule has 1 aliphatic heterocycles. The standard InChI is InChI=1S/C15H16BrNO2/c16-10-3-5-14-12(8-10)13(9-17-14)15(18)6-4-11-2-1-7-19-11/h3,5,8-9,11,17H,1-2,4,6-7H2. The van der Waals surface area contributed by atoms with Crippen LogP contribution in [-0.2, 0) is 4.74 Å². The molecule has 2 aromatic rings. The van der Waals surface area contributed by atoms with Crippen LogP contribution in [0.2, 0.25) is 0 Å². The number of carbonyl (C=O) groups is 1. The number of ketones is 1. The number of halogens is 1. The Morgan fingerprint density at radius 2 is 2.37 bits per heavy atom. The first-order chi connectivity index (χ1) is 9.24. The molecule has 0 radical (unpaired) electrons. The second kappa shape index (κ2) is 5.47. The van der Waals surface area contributed by atoms with E-state index in [-0.39, 0.29) is 11.9 Å². The van der Waals surface area contributed by atoms with E-state index in [4.69, 9.17) is 4.74 Å². The van der Waals surface area contributed by atoms with Crippen molar-refractivity contribution >= 4 is 32.6 Å². The average molecular weight is 322 g/mol. The van der Waals surface area contributed by atoms with Gasteiger partial charge in [-0.15, -0.1) is 0 Å². The van der Waals surface area contributed by atoms with Crippen LogP contribution in [0.3, 0.4) is 0 Å². The summed E-state index contributed by atoms with van der Waals surface area (Å²) in [5, 5.41) is 0.992. The number of benzene rings is 1. The SMILES string of the molecule is O=C(CCC1CCCO1)c1c[nH]c2ccc(Br)cc12. The van der Waals surface area contributed by atoms with Gasteiger partial charge < -0.3 is 9.72 Å². The van der Waals surface area contributed by atoms with E-state index in [1.165, 1.54) is 0 Å². The maximum Gasteiger partial charge on any atom is 0.165 e. The summed E-state index contributed by atoms with van der Waals surface area (Å²) < 4.78 is 6.55. The van der Waals surface area contributed by atoms with E-state index >= 15 is 0 Å². The predicted octanol–water partition coefficient (Wildman–Crippen LogP) is 4.07. The summed E-state index contributed by atoms with van der Waals surface area (Å²) in [4.78, 5) is 15.4. The fourth-order valence-corrected chi connectivity index (χ4v) is 2.98. The van der Waals surface area contributed by atoms with Crippen LogP contribution in [0.25, 0.3) is 10.9 Å². The fraction of sp³-hybridized carbons (Fsp3) is 0.400. The minimum atomic E-state index is 0.194. The van der Waals surface area contributed by atoms with Gasteiger partial charge in [0.1, 0.15) is 0 Å². The van der Waals surface area contributed by atoms with E-state index in [0.29, 0.717) is 6.42 Å². The largest absolute Gasteiger partial charge is 0.378 e. The summed E-state index contributed by atoms with van der Waals surface area (Å²) in [6, 6.07) is 5.95. The van der Waals surface area contributed by atoms with Gasteiger partial charge in [-0.1, -0.05) is 15.9 Å². The lowest BCUT2D eigenvalue weighted by Crippen LogP contribution is -2.08. The summed E-state index contributed by atoms with van der Waals surface area (Å²) in [5.74, 6) is 0.194. The lowest BCUT2D eigenvalue weighted by atomic mass is 10.0. The number of Topliss-reactive ketones (excluding diaryl/α,β-unsaturated/α-hetero) is 1. The molecule has 1 atom stereocenters. The van der Waals surface area contributed by atoms with Crippen LogP contribution in [0.1, 0.15) is 36.0 Å². The number of rotatable bonds is 4. The Balaban J connectivity index is 1.75. The highest BCUT2D eigenvalue weighted by molar-refractivity contribution is 9.10. The van der Waals surface area contributed by atoms with Gasteiger partial charge in [-0.2, -0.15) is 0 Å². The Kier molecular flexibility index (Phi) is 3.71. The zero-order valence-corrected chi connectivity index (χ0v) is 12.2. The molecule has 1 fully saturated rings. The monoisotopic (exact) mass is 321 g/mol. The number of fused-ring (bicyclic) bond motifs is 1. The van der Waals surface area contributed by atoms with Crippen LogP contribution in [0.5, 0.6) is 0 Å². The van der Waals surface area contributed by atoms with Gasteiger partial charge >= 0.3 is 0 Å². The summed E-state index contributed by atoms with van der Waals surface area (Å²) >= 11 is 3.45. The Morgan fingerprint density at radius 1 is 1.47 bits per heavy atom. The molecule has 1 aromatic heterocycles. The van der Waals surface area contributed by atoms with E-state index in [1.807, 2.05) is 24.4 Å². The summed E-state index contributed by atoms with van der Waals surface area (Å²) in [6.07, 6.45) is 5.70. The zero-order chi connectivity index (χ0) is 13.2. The molecule has 19 heavy (non-hydrogen) atoms.